The molecule has 0 spiro atoms. The molecule has 58 heavy (non-hydrogen) atoms. The van der Waals surface area contributed by atoms with Crippen LogP contribution in [0.3, 0.4) is 0 Å². The van der Waals surface area contributed by atoms with Gasteiger partial charge in [-0.1, -0.05) is 0 Å². The zero-order valence-corrected chi connectivity index (χ0v) is 40.2. The van der Waals surface area contributed by atoms with E-state index in [2.05, 4.69) is 186 Å². The van der Waals surface area contributed by atoms with Crippen LogP contribution in [-0.4, -0.2) is 5.92 Å². The van der Waals surface area contributed by atoms with E-state index in [1.54, 1.807) is 0 Å². The molecule has 0 bridgehead atoms. The molecule has 2 unspecified atom stereocenters. The van der Waals surface area contributed by atoms with E-state index in [1.165, 1.54) is 89.0 Å². The molecule has 0 nitrogen and oxygen atoms in total. The van der Waals surface area contributed by atoms with Crippen LogP contribution in [-0.2, 0) is 28.4 Å². The van der Waals surface area contributed by atoms with Crippen LogP contribution in [0.5, 0.6) is 0 Å². The molecule has 295 valence electrons. The molecule has 0 N–H and O–H groups in total. The van der Waals surface area contributed by atoms with Crippen molar-refractivity contribution in [1.29, 1.82) is 0 Å². The van der Waals surface area contributed by atoms with E-state index in [0.29, 0.717) is 0 Å². The van der Waals surface area contributed by atoms with Crippen molar-refractivity contribution in [2.75, 3.05) is 0 Å². The van der Waals surface area contributed by atoms with Crippen LogP contribution in [0.2, 0.25) is 13.1 Å². The molecular formula is C54H57Cl2SiZr. The maximum absolute atomic E-state index is 9.04. The minimum atomic E-state index is -5.07. The van der Waals surface area contributed by atoms with E-state index in [1.807, 2.05) is 0 Å². The second kappa shape index (κ2) is 16.9. The standard InChI is InChI=1S/2C26H25.C2H7Si.2ClH.Zr/c2*1-3-10-19-17-22-15-16-24(21-12-6-5-7-13-21)26(25(22)18-19)23-14-9-8-11-20(23)4-2;1-3-2;;;/h2*5-9,11-18H,3-4,10H2,1-2H3;3H,1-2H3;2*1H;/q;;;;;+2/p-2. The van der Waals surface area contributed by atoms with E-state index in [0.717, 1.165) is 38.5 Å². The van der Waals surface area contributed by atoms with Crippen LogP contribution < -0.4 is 0 Å². The van der Waals surface area contributed by atoms with E-state index >= 15 is 0 Å². The third-order valence-corrected chi connectivity index (χ3v) is 65.2. The first-order valence-corrected chi connectivity index (χ1v) is 38.1. The fourth-order valence-corrected chi connectivity index (χ4v) is 42.1. The number of allylic oxidation sites excluding steroid dienone is 2. The van der Waals surface area contributed by atoms with Crippen molar-refractivity contribution in [3.05, 3.63) is 178 Å². The summed E-state index contributed by atoms with van der Waals surface area (Å²) in [5, 5.41) is 0. The molecule has 0 heterocycles. The Morgan fingerprint density at radius 3 is 1.21 bits per heavy atom. The van der Waals surface area contributed by atoms with Crippen LogP contribution in [0.25, 0.3) is 56.7 Å². The van der Waals surface area contributed by atoms with Gasteiger partial charge in [0.05, 0.1) is 0 Å². The topological polar surface area (TPSA) is 0 Å². The van der Waals surface area contributed by atoms with E-state index in [9.17, 15) is 0 Å². The Kier molecular flexibility index (Phi) is 12.0. The van der Waals surface area contributed by atoms with Crippen molar-refractivity contribution in [1.82, 2.24) is 0 Å². The Morgan fingerprint density at radius 1 is 0.466 bits per heavy atom. The van der Waals surface area contributed by atoms with Gasteiger partial charge in [0.15, 0.2) is 0 Å². The van der Waals surface area contributed by atoms with Gasteiger partial charge in [0.1, 0.15) is 0 Å². The molecule has 0 saturated heterocycles. The van der Waals surface area contributed by atoms with Gasteiger partial charge in [-0.3, -0.25) is 0 Å². The number of halogens is 2. The van der Waals surface area contributed by atoms with Gasteiger partial charge in [-0.2, -0.15) is 0 Å². The average Bonchev–Trinajstić information content (AvgIpc) is 3.83. The van der Waals surface area contributed by atoms with E-state index in [-0.39, 0.29) is 7.25 Å². The van der Waals surface area contributed by atoms with Crippen LogP contribution in [0.15, 0.2) is 145 Å². The van der Waals surface area contributed by atoms with Crippen molar-refractivity contribution in [2.45, 2.75) is 86.6 Å². The van der Waals surface area contributed by atoms with Crippen molar-refractivity contribution in [2.24, 2.45) is 0 Å². The zero-order chi connectivity index (χ0) is 40.6. The Bertz CT molecular complexity index is 2360. The predicted molar refractivity (Wildman–Crippen MR) is 255 cm³/mol. The summed E-state index contributed by atoms with van der Waals surface area (Å²) in [5.74, 6) is -1.76. The molecule has 0 aliphatic heterocycles. The number of hydrogen-bond donors (Lipinski definition) is 0. The monoisotopic (exact) mass is 893 g/mol. The fraction of sp³-hybridized carbons (Fsp3) is 0.259. The summed E-state index contributed by atoms with van der Waals surface area (Å²) in [6, 6.07) is 49.6. The van der Waals surface area contributed by atoms with Crippen molar-refractivity contribution in [3.8, 4) is 44.5 Å². The molecule has 0 aromatic heterocycles. The molecule has 0 amide bonds. The molecule has 0 fully saturated rings. The number of fused-ring (bicyclic) bond motifs is 2. The van der Waals surface area contributed by atoms with Crippen LogP contribution in [0.4, 0.5) is 0 Å². The Labute approximate surface area is 356 Å². The van der Waals surface area contributed by atoms with E-state index < -0.39 is 21.5 Å². The molecule has 0 radical (unpaired) electrons. The summed E-state index contributed by atoms with van der Waals surface area (Å²) < 4.78 is 0.0836. The molecule has 6 aromatic rings. The quantitative estimate of drug-likeness (QED) is 0.101. The summed E-state index contributed by atoms with van der Waals surface area (Å²) in [6.07, 6.45) is 11.2. The fourth-order valence-electron chi connectivity index (χ4n) is 10.6. The third-order valence-electron chi connectivity index (χ3n) is 13.4. The minimum absolute atomic E-state index is 0.0418. The van der Waals surface area contributed by atoms with E-state index in [4.69, 9.17) is 17.0 Å². The second-order valence-electron chi connectivity index (χ2n) is 16.9. The van der Waals surface area contributed by atoms with Gasteiger partial charge in [0, 0.05) is 0 Å². The molecule has 0 saturated carbocycles. The molecule has 8 rings (SSSR count). The summed E-state index contributed by atoms with van der Waals surface area (Å²) in [5.41, 5.74) is 21.4. The van der Waals surface area contributed by atoms with Crippen LogP contribution in [0.1, 0.15) is 94.0 Å². The Balaban J connectivity index is 1.43. The summed E-state index contributed by atoms with van der Waals surface area (Å²) in [7, 11) is 18.1. The first kappa shape index (κ1) is 41.2. The number of hydrogen-bond acceptors (Lipinski definition) is 0. The van der Waals surface area contributed by atoms with Crippen molar-refractivity contribution < 1.29 is 15.6 Å². The van der Waals surface area contributed by atoms with Gasteiger partial charge in [-0.05, 0) is 0 Å². The Hall–Kier alpha value is -3.52. The summed E-state index contributed by atoms with van der Waals surface area (Å²) in [4.78, 5) is 0. The molecule has 6 aromatic carbocycles. The van der Waals surface area contributed by atoms with Crippen LogP contribution >= 0.6 is 17.0 Å². The average molecular weight is 896 g/mol. The third kappa shape index (κ3) is 6.85. The van der Waals surface area contributed by atoms with Crippen molar-refractivity contribution >= 4 is 35.1 Å². The molecule has 4 heteroatoms. The zero-order valence-electron chi connectivity index (χ0n) is 35.1. The first-order chi connectivity index (χ1) is 28.2. The van der Waals surface area contributed by atoms with Crippen LogP contribution in [0, 0.1) is 0 Å². The molecule has 2 aliphatic rings. The first-order valence-electron chi connectivity index (χ1n) is 21.7. The normalized spacial score (nSPS) is 16.7. The summed E-state index contributed by atoms with van der Waals surface area (Å²) in [6.45, 7) is 14.2. The van der Waals surface area contributed by atoms with Gasteiger partial charge in [-0.25, -0.2) is 0 Å². The van der Waals surface area contributed by atoms with Gasteiger partial charge in [-0.15, -0.1) is 0 Å². The van der Waals surface area contributed by atoms with Gasteiger partial charge in [0.2, 0.25) is 0 Å². The summed E-state index contributed by atoms with van der Waals surface area (Å²) >= 11 is -5.07. The van der Waals surface area contributed by atoms with Gasteiger partial charge >= 0.3 is 360 Å². The number of benzene rings is 6. The van der Waals surface area contributed by atoms with Crippen molar-refractivity contribution in [3.63, 3.8) is 0 Å². The Morgan fingerprint density at radius 2 is 0.845 bits per heavy atom. The second-order valence-corrected chi connectivity index (χ2v) is 59.4. The molecule has 2 aliphatic carbocycles. The maximum atomic E-state index is 9.04. The SMILES string of the molecule is CCCC1=Cc2c(ccc(-c3ccccc3)c2-c2ccccc2CC)[CH]1[Zr]([Cl])([Cl])([CH]1C(CCC)=Cc2c1ccc(-c1ccccc1)c2-c1ccccc1CC)[SiH](C)C. The number of rotatable bonds is 13. The number of aryl methyl sites for hydroxylation is 2. The molecule has 2 atom stereocenters. The van der Waals surface area contributed by atoms with Gasteiger partial charge in [0.25, 0.3) is 0 Å². The predicted octanol–water partition coefficient (Wildman–Crippen LogP) is 16.6. The molecular weight excluding hydrogens is 839 g/mol. The van der Waals surface area contributed by atoms with Gasteiger partial charge < -0.3 is 0 Å².